The molecular formula is C14H15N7O3. The van der Waals surface area contributed by atoms with E-state index in [1.807, 2.05) is 6.07 Å². The van der Waals surface area contributed by atoms with Gasteiger partial charge in [-0.3, -0.25) is 20.0 Å². The first-order valence-corrected chi connectivity index (χ1v) is 6.99. The molecule has 1 aromatic heterocycles. The van der Waals surface area contributed by atoms with Gasteiger partial charge in [0.15, 0.2) is 5.82 Å². The maximum atomic E-state index is 11.1. The minimum absolute atomic E-state index is 0.0684. The number of nitro benzene ring substituents is 1. The molecule has 0 aliphatic heterocycles. The minimum Gasteiger partial charge on any atom is -0.381 e. The number of aromatic nitrogens is 2. The highest BCUT2D eigenvalue weighted by molar-refractivity contribution is 5.94. The van der Waals surface area contributed by atoms with E-state index in [1.54, 1.807) is 0 Å². The van der Waals surface area contributed by atoms with Crippen LogP contribution in [0.5, 0.6) is 0 Å². The van der Waals surface area contributed by atoms with Gasteiger partial charge in [0.05, 0.1) is 10.6 Å². The maximum Gasteiger partial charge on any atom is 0.293 e. The summed E-state index contributed by atoms with van der Waals surface area (Å²) in [4.78, 5) is 21.6. The molecule has 0 spiro atoms. The Kier molecular flexibility index (Phi) is 4.96. The van der Waals surface area contributed by atoms with E-state index in [1.165, 1.54) is 12.1 Å². The Labute approximate surface area is 136 Å². The molecule has 0 unspecified atom stereocenters. The fourth-order valence-corrected chi connectivity index (χ4v) is 2.17. The number of nitrogens with two attached hydrogens (primary N) is 2. The largest absolute Gasteiger partial charge is 0.381 e. The van der Waals surface area contributed by atoms with E-state index in [-0.39, 0.29) is 22.8 Å². The van der Waals surface area contributed by atoms with E-state index >= 15 is 0 Å². The molecule has 10 nitrogen and oxygen atoms in total. The van der Waals surface area contributed by atoms with Crippen LogP contribution >= 0.6 is 0 Å². The molecule has 1 aromatic carbocycles. The summed E-state index contributed by atoms with van der Waals surface area (Å²) in [5.74, 6) is -0.580. The van der Waals surface area contributed by atoms with Crippen molar-refractivity contribution in [1.82, 2.24) is 10.2 Å². The summed E-state index contributed by atoms with van der Waals surface area (Å²) in [6.07, 6.45) is 1.10. The van der Waals surface area contributed by atoms with Gasteiger partial charge in [-0.25, -0.2) is 0 Å². The van der Waals surface area contributed by atoms with Gasteiger partial charge in [-0.1, -0.05) is 0 Å². The van der Waals surface area contributed by atoms with Gasteiger partial charge in [0, 0.05) is 18.2 Å². The second-order valence-corrected chi connectivity index (χ2v) is 4.96. The van der Waals surface area contributed by atoms with Gasteiger partial charge >= 0.3 is 0 Å². The van der Waals surface area contributed by atoms with Gasteiger partial charge in [-0.05, 0) is 25.0 Å². The van der Waals surface area contributed by atoms with Crippen molar-refractivity contribution < 1.29 is 9.72 Å². The van der Waals surface area contributed by atoms with Crippen molar-refractivity contribution >= 4 is 23.1 Å². The Balaban J connectivity index is 2.00. The van der Waals surface area contributed by atoms with Crippen LogP contribution in [-0.2, 0) is 6.42 Å². The van der Waals surface area contributed by atoms with Crippen LogP contribution in [0.4, 0.5) is 17.2 Å². The first-order valence-electron chi connectivity index (χ1n) is 6.99. The maximum absolute atomic E-state index is 11.1. The number of nitro groups is 1. The molecule has 10 heteroatoms. The molecule has 2 rings (SSSR count). The van der Waals surface area contributed by atoms with Crippen LogP contribution in [0.15, 0.2) is 18.2 Å². The molecular weight excluding hydrogens is 314 g/mol. The van der Waals surface area contributed by atoms with Crippen molar-refractivity contribution in [2.75, 3.05) is 17.6 Å². The summed E-state index contributed by atoms with van der Waals surface area (Å²) < 4.78 is 0. The van der Waals surface area contributed by atoms with Crippen LogP contribution in [-0.4, -0.2) is 27.6 Å². The van der Waals surface area contributed by atoms with Crippen LogP contribution in [0.1, 0.15) is 28.0 Å². The number of rotatable bonds is 7. The lowest BCUT2D eigenvalue weighted by Crippen LogP contribution is -2.12. The SMILES string of the molecule is N#Cc1c(N)n[nH]c1CCCNc1ccc(C(N)=O)cc1[N+](=O)[O-]. The molecule has 0 aliphatic carbocycles. The lowest BCUT2D eigenvalue weighted by molar-refractivity contribution is -0.384. The second kappa shape index (κ2) is 7.10. The topological polar surface area (TPSA) is 177 Å². The van der Waals surface area contributed by atoms with Crippen LogP contribution in [0, 0.1) is 21.4 Å². The Morgan fingerprint density at radius 3 is 2.88 bits per heavy atom. The van der Waals surface area contributed by atoms with Crippen LogP contribution in [0.3, 0.4) is 0 Å². The molecule has 0 saturated heterocycles. The third kappa shape index (κ3) is 3.58. The number of hydrogen-bond donors (Lipinski definition) is 4. The number of aromatic amines is 1. The number of anilines is 2. The zero-order valence-electron chi connectivity index (χ0n) is 12.6. The average molecular weight is 329 g/mol. The van der Waals surface area contributed by atoms with Crippen molar-refractivity contribution in [1.29, 1.82) is 5.26 Å². The van der Waals surface area contributed by atoms with Crippen molar-refractivity contribution in [3.05, 3.63) is 45.1 Å². The Bertz CT molecular complexity index is 822. The molecule has 124 valence electrons. The van der Waals surface area contributed by atoms with Gasteiger partial charge in [0.25, 0.3) is 5.69 Å². The number of nitrogen functional groups attached to an aromatic ring is 1. The van der Waals surface area contributed by atoms with Gasteiger partial charge in [-0.15, -0.1) is 0 Å². The van der Waals surface area contributed by atoms with Crippen LogP contribution in [0.2, 0.25) is 0 Å². The number of carbonyl (C=O) groups excluding carboxylic acids is 1. The van der Waals surface area contributed by atoms with Crippen molar-refractivity contribution in [3.63, 3.8) is 0 Å². The smallest absolute Gasteiger partial charge is 0.293 e. The number of hydrogen-bond acceptors (Lipinski definition) is 7. The van der Waals surface area contributed by atoms with E-state index in [4.69, 9.17) is 16.7 Å². The van der Waals surface area contributed by atoms with E-state index in [0.29, 0.717) is 30.6 Å². The van der Waals surface area contributed by atoms with E-state index in [2.05, 4.69) is 15.5 Å². The quantitative estimate of drug-likeness (QED) is 0.331. The predicted octanol–water partition coefficient (Wildman–Crippen LogP) is 0.915. The van der Waals surface area contributed by atoms with Gasteiger partial charge < -0.3 is 16.8 Å². The van der Waals surface area contributed by atoms with Crippen molar-refractivity contribution in [2.24, 2.45) is 5.73 Å². The zero-order valence-corrected chi connectivity index (χ0v) is 12.6. The molecule has 2 aromatic rings. The predicted molar refractivity (Wildman–Crippen MR) is 86.1 cm³/mol. The third-order valence-corrected chi connectivity index (χ3v) is 3.38. The Hall–Kier alpha value is -3.61. The van der Waals surface area contributed by atoms with E-state index in [9.17, 15) is 14.9 Å². The summed E-state index contributed by atoms with van der Waals surface area (Å²) in [6, 6.07) is 5.96. The molecule has 0 bridgehead atoms. The average Bonchev–Trinajstić information content (AvgIpc) is 2.91. The van der Waals surface area contributed by atoms with E-state index in [0.717, 1.165) is 6.07 Å². The van der Waals surface area contributed by atoms with Gasteiger partial charge in [0.1, 0.15) is 17.3 Å². The fourth-order valence-electron chi connectivity index (χ4n) is 2.17. The lowest BCUT2D eigenvalue weighted by atomic mass is 10.1. The van der Waals surface area contributed by atoms with Crippen LogP contribution < -0.4 is 16.8 Å². The molecule has 0 saturated carbocycles. The van der Waals surface area contributed by atoms with Crippen LogP contribution in [0.25, 0.3) is 0 Å². The molecule has 1 heterocycles. The molecule has 24 heavy (non-hydrogen) atoms. The first kappa shape index (κ1) is 16.8. The highest BCUT2D eigenvalue weighted by Gasteiger charge is 2.16. The highest BCUT2D eigenvalue weighted by Crippen LogP contribution is 2.25. The number of primary amides is 1. The number of aryl methyl sites for hydroxylation is 1. The summed E-state index contributed by atoms with van der Waals surface area (Å²) in [6.45, 7) is 0.417. The first-order chi connectivity index (χ1) is 11.4. The fraction of sp³-hybridized carbons (Fsp3) is 0.214. The molecule has 1 amide bonds. The molecule has 0 atom stereocenters. The number of amides is 1. The standard InChI is InChI=1S/C14H15N7O3/c15-7-9-10(19-20-13(9)16)2-1-5-18-11-4-3-8(14(17)22)6-12(11)21(23)24/h3-4,6,18H,1-2,5H2,(H2,17,22)(H3,16,19,20). The monoisotopic (exact) mass is 329 g/mol. The Morgan fingerprint density at radius 2 is 2.25 bits per heavy atom. The summed E-state index contributed by atoms with van der Waals surface area (Å²) in [5, 5.41) is 29.4. The third-order valence-electron chi connectivity index (χ3n) is 3.38. The number of benzene rings is 1. The molecule has 6 N–H and O–H groups in total. The van der Waals surface area contributed by atoms with E-state index < -0.39 is 10.8 Å². The number of nitrogens with one attached hydrogen (secondary N) is 2. The number of nitrogens with zero attached hydrogens (tertiary/aromatic N) is 3. The zero-order chi connectivity index (χ0) is 17.7. The number of nitriles is 1. The summed E-state index contributed by atoms with van der Waals surface area (Å²) in [7, 11) is 0. The van der Waals surface area contributed by atoms with Gasteiger partial charge in [-0.2, -0.15) is 10.4 Å². The molecule has 0 radical (unpaired) electrons. The molecule has 0 aliphatic rings. The highest BCUT2D eigenvalue weighted by atomic mass is 16.6. The second-order valence-electron chi connectivity index (χ2n) is 4.96. The lowest BCUT2D eigenvalue weighted by Gasteiger charge is -2.07. The normalized spacial score (nSPS) is 10.1. The number of carbonyl (C=O) groups is 1. The van der Waals surface area contributed by atoms with Crippen molar-refractivity contribution in [2.45, 2.75) is 12.8 Å². The number of H-pyrrole nitrogens is 1. The van der Waals surface area contributed by atoms with Gasteiger partial charge in [0.2, 0.25) is 5.91 Å². The Morgan fingerprint density at radius 1 is 1.50 bits per heavy atom. The van der Waals surface area contributed by atoms with Crippen molar-refractivity contribution in [3.8, 4) is 6.07 Å². The molecule has 0 fully saturated rings. The summed E-state index contributed by atoms with van der Waals surface area (Å²) in [5.41, 5.74) is 11.7. The summed E-state index contributed by atoms with van der Waals surface area (Å²) >= 11 is 0. The minimum atomic E-state index is -0.731.